The van der Waals surface area contributed by atoms with Gasteiger partial charge in [0.15, 0.2) is 0 Å². The van der Waals surface area contributed by atoms with E-state index in [2.05, 4.69) is 17.6 Å². The van der Waals surface area contributed by atoms with Crippen LogP contribution in [0.25, 0.3) is 0 Å². The third-order valence-corrected chi connectivity index (χ3v) is 2.78. The zero-order valence-corrected chi connectivity index (χ0v) is 10.8. The van der Waals surface area contributed by atoms with Crippen LogP contribution in [0.5, 0.6) is 5.75 Å². The minimum Gasteiger partial charge on any atom is -0.495 e. The van der Waals surface area contributed by atoms with Gasteiger partial charge in [0.05, 0.1) is 12.1 Å². The van der Waals surface area contributed by atoms with Gasteiger partial charge in [0, 0.05) is 13.2 Å². The van der Waals surface area contributed by atoms with E-state index < -0.39 is 0 Å². The highest BCUT2D eigenvalue weighted by Crippen LogP contribution is 2.27. The summed E-state index contributed by atoms with van der Waals surface area (Å²) in [7, 11) is 3.55. The Bertz CT molecular complexity index is 342. The van der Waals surface area contributed by atoms with Crippen molar-refractivity contribution in [3.05, 3.63) is 28.3 Å². The minimum atomic E-state index is 0.678. The van der Waals surface area contributed by atoms with Crippen molar-refractivity contribution in [3.63, 3.8) is 0 Å². The van der Waals surface area contributed by atoms with E-state index in [0.717, 1.165) is 25.4 Å². The molecule has 2 N–H and O–H groups in total. The second-order valence-corrected chi connectivity index (χ2v) is 4.10. The Morgan fingerprint density at radius 1 is 1.38 bits per heavy atom. The van der Waals surface area contributed by atoms with E-state index in [1.165, 1.54) is 11.1 Å². The van der Waals surface area contributed by atoms with E-state index >= 15 is 0 Å². The van der Waals surface area contributed by atoms with Crippen LogP contribution in [0, 0.1) is 6.92 Å². The summed E-state index contributed by atoms with van der Waals surface area (Å²) >= 11 is 6.08. The van der Waals surface area contributed by atoms with Crippen LogP contribution in [0.3, 0.4) is 0 Å². The van der Waals surface area contributed by atoms with E-state index in [1.807, 2.05) is 19.2 Å². The number of ether oxygens (including phenoxy) is 1. The van der Waals surface area contributed by atoms with Gasteiger partial charge in [0.1, 0.15) is 5.75 Å². The smallest absolute Gasteiger partial charge is 0.137 e. The van der Waals surface area contributed by atoms with Crippen molar-refractivity contribution in [3.8, 4) is 5.75 Å². The number of benzene rings is 1. The standard InChI is InChI=1S/C12H19ClN2O/c1-9-6-12(16-3)11(13)7-10(9)4-5-15-8-14-2/h6-7,14-15H,4-5,8H2,1-3H3. The molecule has 0 aromatic heterocycles. The van der Waals surface area contributed by atoms with Gasteiger partial charge in [0.2, 0.25) is 0 Å². The third kappa shape index (κ3) is 3.67. The van der Waals surface area contributed by atoms with Crippen LogP contribution in [0.4, 0.5) is 0 Å². The molecule has 90 valence electrons. The average Bonchev–Trinajstić information content (AvgIpc) is 2.28. The lowest BCUT2D eigenvalue weighted by Gasteiger charge is -2.10. The molecule has 0 fully saturated rings. The van der Waals surface area contributed by atoms with Gasteiger partial charge >= 0.3 is 0 Å². The van der Waals surface area contributed by atoms with Gasteiger partial charge in [-0.05, 0) is 43.7 Å². The molecule has 0 aliphatic heterocycles. The van der Waals surface area contributed by atoms with Crippen molar-refractivity contribution in [2.75, 3.05) is 27.4 Å². The number of rotatable bonds is 6. The number of methoxy groups -OCH3 is 1. The molecule has 0 saturated heterocycles. The molecule has 1 rings (SSSR count). The highest BCUT2D eigenvalue weighted by atomic mass is 35.5. The van der Waals surface area contributed by atoms with E-state index in [-0.39, 0.29) is 0 Å². The minimum absolute atomic E-state index is 0.678. The van der Waals surface area contributed by atoms with E-state index in [1.54, 1.807) is 7.11 Å². The van der Waals surface area contributed by atoms with Gasteiger partial charge in [-0.1, -0.05) is 11.6 Å². The van der Waals surface area contributed by atoms with Crippen LogP contribution in [0.2, 0.25) is 5.02 Å². The van der Waals surface area contributed by atoms with Crippen molar-refractivity contribution in [1.82, 2.24) is 10.6 Å². The monoisotopic (exact) mass is 242 g/mol. The fourth-order valence-corrected chi connectivity index (χ4v) is 1.82. The average molecular weight is 243 g/mol. The van der Waals surface area contributed by atoms with Crippen molar-refractivity contribution >= 4 is 11.6 Å². The summed E-state index contributed by atoms with van der Waals surface area (Å²) in [6, 6.07) is 3.96. The largest absolute Gasteiger partial charge is 0.495 e. The van der Waals surface area contributed by atoms with Crippen molar-refractivity contribution < 1.29 is 4.74 Å². The maximum atomic E-state index is 6.08. The Hall–Kier alpha value is -0.770. The van der Waals surface area contributed by atoms with Crippen LogP contribution in [0.1, 0.15) is 11.1 Å². The SMILES string of the molecule is CNCNCCc1cc(Cl)c(OC)cc1C. The van der Waals surface area contributed by atoms with Crippen LogP contribution in [0.15, 0.2) is 12.1 Å². The highest BCUT2D eigenvalue weighted by Gasteiger charge is 2.05. The Morgan fingerprint density at radius 3 is 2.75 bits per heavy atom. The van der Waals surface area contributed by atoms with E-state index in [4.69, 9.17) is 16.3 Å². The van der Waals surface area contributed by atoms with E-state index in [0.29, 0.717) is 5.02 Å². The van der Waals surface area contributed by atoms with Crippen LogP contribution >= 0.6 is 11.6 Å². The normalized spacial score (nSPS) is 10.5. The first-order chi connectivity index (χ1) is 7.69. The summed E-state index contributed by atoms with van der Waals surface area (Å²) in [5.41, 5.74) is 2.47. The molecule has 0 radical (unpaired) electrons. The molecule has 0 amide bonds. The molecule has 0 heterocycles. The molecule has 4 heteroatoms. The van der Waals surface area contributed by atoms with Crippen LogP contribution in [-0.2, 0) is 6.42 Å². The Balaban J connectivity index is 2.63. The molecule has 0 bridgehead atoms. The van der Waals surface area contributed by atoms with Crippen molar-refractivity contribution in [2.24, 2.45) is 0 Å². The molecular weight excluding hydrogens is 224 g/mol. The summed E-state index contributed by atoms with van der Waals surface area (Å²) in [4.78, 5) is 0. The fraction of sp³-hybridized carbons (Fsp3) is 0.500. The molecule has 0 aliphatic rings. The third-order valence-electron chi connectivity index (χ3n) is 2.48. The molecule has 0 aliphatic carbocycles. The fourth-order valence-electron chi connectivity index (χ4n) is 1.56. The molecule has 1 aromatic rings. The maximum absolute atomic E-state index is 6.08. The second kappa shape index (κ2) is 6.74. The van der Waals surface area contributed by atoms with Crippen molar-refractivity contribution in [1.29, 1.82) is 0 Å². The molecule has 0 atom stereocenters. The number of aryl methyl sites for hydroxylation is 1. The second-order valence-electron chi connectivity index (χ2n) is 3.69. The van der Waals surface area contributed by atoms with Crippen LogP contribution < -0.4 is 15.4 Å². The molecule has 1 aromatic carbocycles. The predicted molar refractivity (Wildman–Crippen MR) is 68.4 cm³/mol. The summed E-state index contributed by atoms with van der Waals surface area (Å²) in [6.07, 6.45) is 0.969. The van der Waals surface area contributed by atoms with Crippen LogP contribution in [-0.4, -0.2) is 27.4 Å². The van der Waals surface area contributed by atoms with Gasteiger partial charge < -0.3 is 15.4 Å². The molecular formula is C12H19ClN2O. The topological polar surface area (TPSA) is 33.3 Å². The first-order valence-corrected chi connectivity index (χ1v) is 5.75. The quantitative estimate of drug-likeness (QED) is 0.591. The lowest BCUT2D eigenvalue weighted by atomic mass is 10.1. The maximum Gasteiger partial charge on any atom is 0.137 e. The molecule has 0 spiro atoms. The first-order valence-electron chi connectivity index (χ1n) is 5.37. The number of hydrogen-bond acceptors (Lipinski definition) is 3. The number of nitrogens with one attached hydrogen (secondary N) is 2. The molecule has 16 heavy (non-hydrogen) atoms. The van der Waals surface area contributed by atoms with Gasteiger partial charge in [-0.3, -0.25) is 0 Å². The lowest BCUT2D eigenvalue weighted by molar-refractivity contribution is 0.414. The van der Waals surface area contributed by atoms with Crippen molar-refractivity contribution in [2.45, 2.75) is 13.3 Å². The Kier molecular flexibility index (Phi) is 5.60. The summed E-state index contributed by atoms with van der Waals surface area (Å²) in [5.74, 6) is 0.742. The Morgan fingerprint density at radius 2 is 2.12 bits per heavy atom. The first kappa shape index (κ1) is 13.3. The Labute approximate surface area is 102 Å². The van der Waals surface area contributed by atoms with E-state index in [9.17, 15) is 0 Å². The lowest BCUT2D eigenvalue weighted by Crippen LogP contribution is -2.27. The van der Waals surface area contributed by atoms with Gasteiger partial charge in [-0.15, -0.1) is 0 Å². The zero-order chi connectivity index (χ0) is 12.0. The highest BCUT2D eigenvalue weighted by molar-refractivity contribution is 6.32. The summed E-state index contributed by atoms with van der Waals surface area (Å²) in [6.45, 7) is 3.83. The predicted octanol–water partition coefficient (Wildman–Crippen LogP) is 1.97. The van der Waals surface area contributed by atoms with Gasteiger partial charge in [0.25, 0.3) is 0 Å². The zero-order valence-electron chi connectivity index (χ0n) is 10.1. The van der Waals surface area contributed by atoms with Gasteiger partial charge in [-0.2, -0.15) is 0 Å². The molecule has 0 saturated carbocycles. The summed E-state index contributed by atoms with van der Waals surface area (Å²) in [5, 5.41) is 6.99. The number of hydrogen-bond donors (Lipinski definition) is 2. The molecule has 3 nitrogen and oxygen atoms in total. The summed E-state index contributed by atoms with van der Waals surface area (Å²) < 4.78 is 5.17. The number of halogens is 1. The molecule has 0 unspecified atom stereocenters. The van der Waals surface area contributed by atoms with Gasteiger partial charge in [-0.25, -0.2) is 0 Å².